The van der Waals surface area contributed by atoms with Gasteiger partial charge in [0, 0.05) is 24.4 Å². The number of benzene rings is 1. The van der Waals surface area contributed by atoms with E-state index >= 15 is 0 Å². The van der Waals surface area contributed by atoms with Crippen molar-refractivity contribution in [3.8, 4) is 5.75 Å². The van der Waals surface area contributed by atoms with Gasteiger partial charge in [-0.2, -0.15) is 0 Å². The lowest BCUT2D eigenvalue weighted by atomic mass is 10.0. The molecular formula is C15H20BrNO4. The minimum Gasteiger partial charge on any atom is -0.492 e. The van der Waals surface area contributed by atoms with Gasteiger partial charge in [0.05, 0.1) is 6.54 Å². The van der Waals surface area contributed by atoms with Gasteiger partial charge in [0.25, 0.3) is 0 Å². The van der Waals surface area contributed by atoms with Crippen molar-refractivity contribution in [3.63, 3.8) is 0 Å². The Labute approximate surface area is 133 Å². The number of carbonyl (C=O) groups excluding carboxylic acids is 1. The van der Waals surface area contributed by atoms with E-state index in [4.69, 9.17) is 9.84 Å². The minimum absolute atomic E-state index is 0.00890. The lowest BCUT2D eigenvalue weighted by Gasteiger charge is -2.19. The van der Waals surface area contributed by atoms with Gasteiger partial charge in [0.15, 0.2) is 0 Å². The summed E-state index contributed by atoms with van der Waals surface area (Å²) >= 11 is 3.35. The average molecular weight is 358 g/mol. The second-order valence-corrected chi connectivity index (χ2v) is 5.94. The van der Waals surface area contributed by atoms with E-state index in [1.54, 1.807) is 18.9 Å². The van der Waals surface area contributed by atoms with Crippen LogP contribution >= 0.6 is 15.9 Å². The summed E-state index contributed by atoms with van der Waals surface area (Å²) in [6.45, 7) is 2.63. The van der Waals surface area contributed by atoms with Crippen LogP contribution < -0.4 is 4.74 Å². The fraction of sp³-hybridized carbons (Fsp3) is 0.467. The Morgan fingerprint density at radius 1 is 1.29 bits per heavy atom. The Bertz CT molecular complexity index is 475. The highest BCUT2D eigenvalue weighted by Crippen LogP contribution is 2.16. The molecule has 0 saturated carbocycles. The van der Waals surface area contributed by atoms with Crippen molar-refractivity contribution >= 4 is 27.8 Å². The Balaban J connectivity index is 2.29. The van der Waals surface area contributed by atoms with Crippen molar-refractivity contribution in [3.05, 3.63) is 28.7 Å². The number of likely N-dealkylation sites (N-methyl/N-ethyl adjacent to an activating group) is 1. The summed E-state index contributed by atoms with van der Waals surface area (Å²) in [5, 5.41) is 8.67. The van der Waals surface area contributed by atoms with Crippen molar-refractivity contribution in [2.24, 2.45) is 5.92 Å². The SMILES string of the molecule is CC(CC(=O)O)CC(=O)N(C)CCOc1ccc(Br)cc1. The van der Waals surface area contributed by atoms with Crippen molar-refractivity contribution in [2.75, 3.05) is 20.2 Å². The Kier molecular flexibility index (Phi) is 7.22. The molecule has 0 aliphatic carbocycles. The van der Waals surface area contributed by atoms with Crippen molar-refractivity contribution in [1.82, 2.24) is 4.90 Å². The molecule has 0 aliphatic rings. The number of carboxylic acids is 1. The molecule has 0 aliphatic heterocycles. The molecule has 0 radical (unpaired) electrons. The van der Waals surface area contributed by atoms with Crippen molar-refractivity contribution in [1.29, 1.82) is 0 Å². The molecule has 6 heteroatoms. The minimum atomic E-state index is -0.878. The summed E-state index contributed by atoms with van der Waals surface area (Å²) < 4.78 is 6.52. The largest absolute Gasteiger partial charge is 0.492 e. The van der Waals surface area contributed by atoms with Gasteiger partial charge < -0.3 is 14.7 Å². The Morgan fingerprint density at radius 2 is 1.90 bits per heavy atom. The van der Waals surface area contributed by atoms with Gasteiger partial charge in [-0.05, 0) is 30.2 Å². The zero-order valence-corrected chi connectivity index (χ0v) is 13.8. The summed E-state index contributed by atoms with van der Waals surface area (Å²) in [4.78, 5) is 24.0. The van der Waals surface area contributed by atoms with E-state index in [9.17, 15) is 9.59 Å². The van der Waals surface area contributed by atoms with Gasteiger partial charge in [-0.25, -0.2) is 0 Å². The summed E-state index contributed by atoms with van der Waals surface area (Å²) in [5.41, 5.74) is 0. The van der Waals surface area contributed by atoms with E-state index in [1.807, 2.05) is 24.3 Å². The molecule has 116 valence electrons. The van der Waals surface area contributed by atoms with Crippen LogP contribution in [-0.2, 0) is 9.59 Å². The predicted octanol–water partition coefficient (Wildman–Crippen LogP) is 2.79. The van der Waals surface area contributed by atoms with Crippen LogP contribution in [0.3, 0.4) is 0 Å². The highest BCUT2D eigenvalue weighted by atomic mass is 79.9. The molecule has 1 aromatic carbocycles. The Morgan fingerprint density at radius 3 is 2.48 bits per heavy atom. The molecule has 1 rings (SSSR count). The van der Waals surface area contributed by atoms with Crippen LogP contribution in [0.15, 0.2) is 28.7 Å². The maximum Gasteiger partial charge on any atom is 0.303 e. The quantitative estimate of drug-likeness (QED) is 0.776. The topological polar surface area (TPSA) is 66.8 Å². The van der Waals surface area contributed by atoms with Crippen LogP contribution in [0.2, 0.25) is 0 Å². The summed E-state index contributed by atoms with van der Waals surface area (Å²) in [5.74, 6) is -0.359. The van der Waals surface area contributed by atoms with E-state index in [0.29, 0.717) is 13.2 Å². The van der Waals surface area contributed by atoms with Crippen LogP contribution in [-0.4, -0.2) is 42.1 Å². The molecule has 0 aromatic heterocycles. The smallest absolute Gasteiger partial charge is 0.303 e. The maximum atomic E-state index is 11.9. The van der Waals surface area contributed by atoms with E-state index in [2.05, 4.69) is 15.9 Å². The van der Waals surface area contributed by atoms with E-state index in [1.165, 1.54) is 0 Å². The van der Waals surface area contributed by atoms with Crippen LogP contribution in [0.25, 0.3) is 0 Å². The molecule has 1 unspecified atom stereocenters. The number of carboxylic acid groups (broad SMARTS) is 1. The molecule has 0 heterocycles. The number of carbonyl (C=O) groups is 2. The lowest BCUT2D eigenvalue weighted by molar-refractivity contribution is -0.138. The normalized spacial score (nSPS) is 11.8. The lowest BCUT2D eigenvalue weighted by Crippen LogP contribution is -2.32. The molecule has 1 amide bonds. The first-order valence-corrected chi connectivity index (χ1v) is 7.52. The van der Waals surface area contributed by atoms with Crippen molar-refractivity contribution < 1.29 is 19.4 Å². The molecule has 5 nitrogen and oxygen atoms in total. The molecule has 0 fully saturated rings. The average Bonchev–Trinajstić information content (AvgIpc) is 2.39. The first kappa shape index (κ1) is 17.5. The molecule has 0 bridgehead atoms. The van der Waals surface area contributed by atoms with Gasteiger partial charge >= 0.3 is 5.97 Å². The van der Waals surface area contributed by atoms with Gasteiger partial charge in [0.2, 0.25) is 5.91 Å². The number of aliphatic carboxylic acids is 1. The van der Waals surface area contributed by atoms with E-state index < -0.39 is 5.97 Å². The van der Waals surface area contributed by atoms with E-state index in [-0.39, 0.29) is 24.7 Å². The van der Waals surface area contributed by atoms with Gasteiger partial charge in [-0.3, -0.25) is 9.59 Å². The first-order valence-electron chi connectivity index (χ1n) is 6.72. The number of halogens is 1. The van der Waals surface area contributed by atoms with E-state index in [0.717, 1.165) is 10.2 Å². The van der Waals surface area contributed by atoms with Gasteiger partial charge in [-0.15, -0.1) is 0 Å². The third-order valence-electron chi connectivity index (χ3n) is 2.98. The monoisotopic (exact) mass is 357 g/mol. The zero-order valence-electron chi connectivity index (χ0n) is 12.2. The third kappa shape index (κ3) is 7.13. The number of amides is 1. The maximum absolute atomic E-state index is 11.9. The van der Waals surface area contributed by atoms with Crippen LogP contribution in [0.1, 0.15) is 19.8 Å². The summed E-state index contributed by atoms with van der Waals surface area (Å²) in [7, 11) is 1.70. The number of rotatable bonds is 8. The first-order chi connectivity index (χ1) is 9.88. The molecule has 1 N–H and O–H groups in total. The molecule has 0 saturated heterocycles. The molecular weight excluding hydrogens is 338 g/mol. The standard InChI is InChI=1S/C15H20BrNO4/c1-11(10-15(19)20)9-14(18)17(2)7-8-21-13-5-3-12(16)4-6-13/h3-6,11H,7-10H2,1-2H3,(H,19,20). The fourth-order valence-electron chi connectivity index (χ4n) is 1.78. The highest BCUT2D eigenvalue weighted by Gasteiger charge is 2.15. The van der Waals surface area contributed by atoms with Crippen LogP contribution in [0.4, 0.5) is 0 Å². The van der Waals surface area contributed by atoms with Crippen LogP contribution in [0.5, 0.6) is 5.75 Å². The van der Waals surface area contributed by atoms with Crippen LogP contribution in [0, 0.1) is 5.92 Å². The zero-order chi connectivity index (χ0) is 15.8. The molecule has 21 heavy (non-hydrogen) atoms. The highest BCUT2D eigenvalue weighted by molar-refractivity contribution is 9.10. The number of ether oxygens (including phenoxy) is 1. The second-order valence-electron chi connectivity index (χ2n) is 5.02. The second kappa shape index (κ2) is 8.67. The Hall–Kier alpha value is -1.56. The predicted molar refractivity (Wildman–Crippen MR) is 83.3 cm³/mol. The van der Waals surface area contributed by atoms with Gasteiger partial charge in [0.1, 0.15) is 12.4 Å². The molecule has 1 aromatic rings. The summed E-state index contributed by atoms with van der Waals surface area (Å²) in [6.07, 6.45) is 0.246. The number of nitrogens with zero attached hydrogens (tertiary/aromatic N) is 1. The molecule has 0 spiro atoms. The fourth-order valence-corrected chi connectivity index (χ4v) is 2.04. The third-order valence-corrected chi connectivity index (χ3v) is 3.51. The van der Waals surface area contributed by atoms with Gasteiger partial charge in [-0.1, -0.05) is 22.9 Å². The molecule has 1 atom stereocenters. The van der Waals surface area contributed by atoms with Crippen molar-refractivity contribution in [2.45, 2.75) is 19.8 Å². The number of hydrogen-bond acceptors (Lipinski definition) is 3. The number of hydrogen-bond donors (Lipinski definition) is 1. The summed E-state index contributed by atoms with van der Waals surface area (Å²) in [6, 6.07) is 7.47.